The molecular weight excluding hydrogens is 252 g/mol. The Morgan fingerprint density at radius 1 is 1.25 bits per heavy atom. The van der Waals surface area contributed by atoms with Gasteiger partial charge in [0.2, 0.25) is 0 Å². The summed E-state index contributed by atoms with van der Waals surface area (Å²) in [7, 11) is 0. The van der Waals surface area contributed by atoms with Gasteiger partial charge in [0.05, 0.1) is 11.1 Å². The SMILES string of the molecule is CC(C)CC(C)Nc1ccc2c(C(=O)O)cccc2n1. The molecule has 0 spiro atoms. The average Bonchev–Trinajstić information content (AvgIpc) is 2.36. The van der Waals surface area contributed by atoms with Crippen molar-refractivity contribution in [2.45, 2.75) is 33.2 Å². The van der Waals surface area contributed by atoms with E-state index in [1.165, 1.54) is 0 Å². The number of nitrogens with zero attached hydrogens (tertiary/aromatic N) is 1. The van der Waals surface area contributed by atoms with Crippen molar-refractivity contribution in [2.24, 2.45) is 5.92 Å². The van der Waals surface area contributed by atoms with E-state index in [4.69, 9.17) is 5.11 Å². The van der Waals surface area contributed by atoms with E-state index < -0.39 is 5.97 Å². The first-order chi connectivity index (χ1) is 9.47. The molecule has 2 aromatic rings. The molecule has 20 heavy (non-hydrogen) atoms. The third-order valence-electron chi connectivity index (χ3n) is 3.18. The van der Waals surface area contributed by atoms with Crippen LogP contribution >= 0.6 is 0 Å². The normalized spacial score (nSPS) is 12.6. The highest BCUT2D eigenvalue weighted by Crippen LogP contribution is 2.20. The van der Waals surface area contributed by atoms with Crippen molar-refractivity contribution in [3.05, 3.63) is 35.9 Å². The van der Waals surface area contributed by atoms with Crippen molar-refractivity contribution in [1.82, 2.24) is 4.98 Å². The maximum atomic E-state index is 11.2. The van der Waals surface area contributed by atoms with Gasteiger partial charge in [-0.15, -0.1) is 0 Å². The summed E-state index contributed by atoms with van der Waals surface area (Å²) in [5.74, 6) is 0.482. The molecule has 1 aromatic heterocycles. The van der Waals surface area contributed by atoms with Crippen molar-refractivity contribution in [2.75, 3.05) is 5.32 Å². The summed E-state index contributed by atoms with van der Waals surface area (Å²) >= 11 is 0. The minimum absolute atomic E-state index is 0.289. The van der Waals surface area contributed by atoms with Gasteiger partial charge >= 0.3 is 5.97 Å². The summed E-state index contributed by atoms with van der Waals surface area (Å²) < 4.78 is 0. The fourth-order valence-corrected chi connectivity index (χ4v) is 2.44. The van der Waals surface area contributed by atoms with Crippen LogP contribution in [0, 0.1) is 5.92 Å². The predicted octanol–water partition coefficient (Wildman–Crippen LogP) is 3.78. The van der Waals surface area contributed by atoms with Crippen molar-refractivity contribution >= 4 is 22.7 Å². The molecule has 0 saturated carbocycles. The zero-order valence-electron chi connectivity index (χ0n) is 12.1. The summed E-state index contributed by atoms with van der Waals surface area (Å²) in [6.45, 7) is 6.50. The molecular formula is C16H20N2O2. The molecule has 2 rings (SSSR count). The molecule has 0 bridgehead atoms. The number of hydrogen-bond acceptors (Lipinski definition) is 3. The number of carboxylic acids is 1. The van der Waals surface area contributed by atoms with Crippen molar-refractivity contribution < 1.29 is 9.90 Å². The third kappa shape index (κ3) is 3.26. The lowest BCUT2D eigenvalue weighted by atomic mass is 10.1. The molecule has 0 aliphatic carbocycles. The molecule has 1 heterocycles. The van der Waals surface area contributed by atoms with E-state index in [0.29, 0.717) is 22.9 Å². The standard InChI is InChI=1S/C16H20N2O2/c1-10(2)9-11(3)17-15-8-7-12-13(16(19)20)5-4-6-14(12)18-15/h4-8,10-11H,9H2,1-3H3,(H,17,18)(H,19,20). The van der Waals surface area contributed by atoms with Crippen LogP contribution in [0.3, 0.4) is 0 Å². The highest BCUT2D eigenvalue weighted by Gasteiger charge is 2.10. The first-order valence-corrected chi connectivity index (χ1v) is 6.87. The van der Waals surface area contributed by atoms with Crippen LogP contribution in [0.15, 0.2) is 30.3 Å². The van der Waals surface area contributed by atoms with Crippen LogP contribution in [0.5, 0.6) is 0 Å². The van der Waals surface area contributed by atoms with E-state index in [2.05, 4.69) is 31.1 Å². The van der Waals surface area contributed by atoms with E-state index in [1.54, 1.807) is 12.1 Å². The summed E-state index contributed by atoms with van der Waals surface area (Å²) in [5.41, 5.74) is 0.989. The number of hydrogen-bond donors (Lipinski definition) is 2. The van der Waals surface area contributed by atoms with Crippen molar-refractivity contribution in [1.29, 1.82) is 0 Å². The van der Waals surface area contributed by atoms with Crippen LogP contribution in [0.1, 0.15) is 37.6 Å². The molecule has 0 radical (unpaired) electrons. The Morgan fingerprint density at radius 3 is 2.65 bits per heavy atom. The molecule has 4 nitrogen and oxygen atoms in total. The largest absolute Gasteiger partial charge is 0.478 e. The van der Waals surface area contributed by atoms with Crippen molar-refractivity contribution in [3.63, 3.8) is 0 Å². The Bertz CT molecular complexity index is 623. The van der Waals surface area contributed by atoms with Gasteiger partial charge < -0.3 is 10.4 Å². The van der Waals surface area contributed by atoms with E-state index in [1.807, 2.05) is 18.2 Å². The predicted molar refractivity (Wildman–Crippen MR) is 81.2 cm³/mol. The van der Waals surface area contributed by atoms with Gasteiger partial charge in [-0.25, -0.2) is 9.78 Å². The minimum atomic E-state index is -0.925. The number of fused-ring (bicyclic) bond motifs is 1. The molecule has 0 aliphatic rings. The Balaban J connectivity index is 2.28. The fraction of sp³-hybridized carbons (Fsp3) is 0.375. The van der Waals surface area contributed by atoms with Crippen LogP contribution in [-0.4, -0.2) is 22.1 Å². The van der Waals surface area contributed by atoms with Gasteiger partial charge in [-0.05, 0) is 43.5 Å². The van der Waals surface area contributed by atoms with E-state index in [9.17, 15) is 4.79 Å². The van der Waals surface area contributed by atoms with Crippen LogP contribution in [0.25, 0.3) is 10.9 Å². The van der Waals surface area contributed by atoms with Crippen LogP contribution < -0.4 is 5.32 Å². The number of aromatic nitrogens is 1. The first-order valence-electron chi connectivity index (χ1n) is 6.87. The van der Waals surface area contributed by atoms with E-state index in [0.717, 1.165) is 12.2 Å². The topological polar surface area (TPSA) is 62.2 Å². The average molecular weight is 272 g/mol. The van der Waals surface area contributed by atoms with Crippen molar-refractivity contribution in [3.8, 4) is 0 Å². The lowest BCUT2D eigenvalue weighted by Gasteiger charge is -2.16. The summed E-state index contributed by atoms with van der Waals surface area (Å²) in [6.07, 6.45) is 1.06. The van der Waals surface area contributed by atoms with E-state index >= 15 is 0 Å². The van der Waals surface area contributed by atoms with Gasteiger partial charge in [0.1, 0.15) is 5.82 Å². The maximum absolute atomic E-state index is 11.2. The van der Waals surface area contributed by atoms with Gasteiger partial charge in [-0.2, -0.15) is 0 Å². The lowest BCUT2D eigenvalue weighted by molar-refractivity contribution is 0.0699. The molecule has 0 saturated heterocycles. The number of aromatic carboxylic acids is 1. The number of rotatable bonds is 5. The molecule has 2 N–H and O–H groups in total. The highest BCUT2D eigenvalue weighted by molar-refractivity contribution is 6.02. The Kier molecular flexibility index (Phi) is 4.23. The van der Waals surface area contributed by atoms with Gasteiger partial charge in [0, 0.05) is 11.4 Å². The minimum Gasteiger partial charge on any atom is -0.478 e. The van der Waals surface area contributed by atoms with Crippen LogP contribution in [0.4, 0.5) is 5.82 Å². The Hall–Kier alpha value is -2.10. The Labute approximate surface area is 118 Å². The second-order valence-electron chi connectivity index (χ2n) is 5.55. The molecule has 0 amide bonds. The van der Waals surface area contributed by atoms with Gasteiger partial charge in [0.15, 0.2) is 0 Å². The fourth-order valence-electron chi connectivity index (χ4n) is 2.44. The van der Waals surface area contributed by atoms with Gasteiger partial charge in [0.25, 0.3) is 0 Å². The molecule has 0 aliphatic heterocycles. The second-order valence-corrected chi connectivity index (χ2v) is 5.55. The molecule has 4 heteroatoms. The monoisotopic (exact) mass is 272 g/mol. The van der Waals surface area contributed by atoms with E-state index in [-0.39, 0.29) is 5.56 Å². The van der Waals surface area contributed by atoms with Crippen LogP contribution in [0.2, 0.25) is 0 Å². The first kappa shape index (κ1) is 14.3. The number of pyridine rings is 1. The van der Waals surface area contributed by atoms with Gasteiger partial charge in [-0.3, -0.25) is 0 Å². The quantitative estimate of drug-likeness (QED) is 0.869. The smallest absolute Gasteiger partial charge is 0.336 e. The number of nitrogens with one attached hydrogen (secondary N) is 1. The number of carbonyl (C=O) groups is 1. The molecule has 1 unspecified atom stereocenters. The number of benzene rings is 1. The third-order valence-corrected chi connectivity index (χ3v) is 3.18. The zero-order chi connectivity index (χ0) is 14.7. The summed E-state index contributed by atoms with van der Waals surface area (Å²) in [6, 6.07) is 9.14. The number of carboxylic acid groups (broad SMARTS) is 1. The second kappa shape index (κ2) is 5.90. The molecule has 1 atom stereocenters. The Morgan fingerprint density at radius 2 is 2.00 bits per heavy atom. The highest BCUT2D eigenvalue weighted by atomic mass is 16.4. The van der Waals surface area contributed by atoms with Crippen LogP contribution in [-0.2, 0) is 0 Å². The summed E-state index contributed by atoms with van der Waals surface area (Å²) in [5, 5.41) is 13.2. The summed E-state index contributed by atoms with van der Waals surface area (Å²) in [4.78, 5) is 15.6. The number of anilines is 1. The molecule has 1 aromatic carbocycles. The molecule has 0 fully saturated rings. The zero-order valence-corrected chi connectivity index (χ0v) is 12.1. The lowest BCUT2D eigenvalue weighted by Crippen LogP contribution is -2.18. The van der Waals surface area contributed by atoms with Gasteiger partial charge in [-0.1, -0.05) is 19.9 Å². The molecule has 106 valence electrons. The maximum Gasteiger partial charge on any atom is 0.336 e.